The van der Waals surface area contributed by atoms with E-state index in [1.165, 1.54) is 24.8 Å². The summed E-state index contributed by atoms with van der Waals surface area (Å²) in [6, 6.07) is 14.5. The molecule has 2 N–H and O–H groups in total. The molecule has 0 fully saturated rings. The fourth-order valence-corrected chi connectivity index (χ4v) is 3.12. The molecular formula is C20H18ClN3O4S. The lowest BCUT2D eigenvalue weighted by Gasteiger charge is -2.14. The van der Waals surface area contributed by atoms with Crippen molar-refractivity contribution in [2.75, 3.05) is 17.7 Å². The molecule has 1 atom stereocenters. The molecule has 0 aliphatic rings. The number of carbonyl (C=O) groups excluding carboxylic acids is 3. The molecule has 9 heteroatoms. The van der Waals surface area contributed by atoms with Gasteiger partial charge in [-0.2, -0.15) is 5.26 Å². The third-order valence-electron chi connectivity index (χ3n) is 3.62. The van der Waals surface area contributed by atoms with Gasteiger partial charge in [-0.15, -0.1) is 11.8 Å². The Balaban J connectivity index is 1.85. The monoisotopic (exact) mass is 431 g/mol. The number of rotatable bonds is 8. The molecule has 7 nitrogen and oxygen atoms in total. The van der Waals surface area contributed by atoms with Crippen LogP contribution in [-0.4, -0.2) is 36.2 Å². The Morgan fingerprint density at radius 1 is 1.17 bits per heavy atom. The molecule has 0 radical (unpaired) electrons. The molecule has 2 aromatic rings. The number of para-hydroxylation sites is 1. The topological polar surface area (TPSA) is 108 Å². The van der Waals surface area contributed by atoms with Crippen molar-refractivity contribution in [1.29, 1.82) is 5.26 Å². The fourth-order valence-electron chi connectivity index (χ4n) is 2.23. The van der Waals surface area contributed by atoms with Crippen LogP contribution in [0, 0.1) is 11.3 Å². The molecule has 0 saturated carbocycles. The van der Waals surface area contributed by atoms with E-state index in [4.69, 9.17) is 21.6 Å². The lowest BCUT2D eigenvalue weighted by molar-refractivity contribution is -0.148. The van der Waals surface area contributed by atoms with E-state index in [0.29, 0.717) is 5.69 Å². The van der Waals surface area contributed by atoms with E-state index in [1.807, 2.05) is 6.07 Å². The zero-order chi connectivity index (χ0) is 21.2. The SMILES string of the molecule is C[C@H](NC(=O)c1ccccc1Cl)C(=O)OCC(=O)Nc1ccccc1SCC#N. The van der Waals surface area contributed by atoms with Crippen LogP contribution in [0.5, 0.6) is 0 Å². The second-order valence-corrected chi connectivity index (χ2v) is 7.20. The van der Waals surface area contributed by atoms with Gasteiger partial charge in [0.1, 0.15) is 6.04 Å². The predicted octanol–water partition coefficient (Wildman–Crippen LogP) is 3.26. The van der Waals surface area contributed by atoms with E-state index in [2.05, 4.69) is 10.6 Å². The molecule has 2 aromatic carbocycles. The Kier molecular flexibility index (Phi) is 8.52. The maximum Gasteiger partial charge on any atom is 0.328 e. The van der Waals surface area contributed by atoms with Gasteiger partial charge in [0.2, 0.25) is 0 Å². The Labute approximate surface area is 177 Å². The number of amides is 2. The number of hydrogen-bond donors (Lipinski definition) is 2. The first-order valence-corrected chi connectivity index (χ1v) is 9.89. The van der Waals surface area contributed by atoms with Crippen molar-refractivity contribution >= 4 is 46.8 Å². The number of carbonyl (C=O) groups is 3. The van der Waals surface area contributed by atoms with Crippen LogP contribution in [0.4, 0.5) is 5.69 Å². The number of thioether (sulfide) groups is 1. The van der Waals surface area contributed by atoms with Crippen LogP contribution in [-0.2, 0) is 14.3 Å². The van der Waals surface area contributed by atoms with E-state index < -0.39 is 30.4 Å². The maximum atomic E-state index is 12.2. The van der Waals surface area contributed by atoms with Crippen molar-refractivity contribution in [3.05, 3.63) is 59.1 Å². The molecule has 2 rings (SSSR count). The summed E-state index contributed by atoms with van der Waals surface area (Å²) in [7, 11) is 0. The number of ether oxygens (including phenoxy) is 1. The minimum absolute atomic E-state index is 0.234. The highest BCUT2D eigenvalue weighted by molar-refractivity contribution is 7.99. The van der Waals surface area contributed by atoms with Crippen molar-refractivity contribution < 1.29 is 19.1 Å². The first-order valence-electron chi connectivity index (χ1n) is 8.53. The van der Waals surface area contributed by atoms with Crippen LogP contribution in [0.15, 0.2) is 53.4 Å². The number of halogens is 1. The van der Waals surface area contributed by atoms with Crippen molar-refractivity contribution in [2.24, 2.45) is 0 Å². The number of benzene rings is 2. The first-order chi connectivity index (χ1) is 13.9. The van der Waals surface area contributed by atoms with Crippen molar-refractivity contribution in [1.82, 2.24) is 5.32 Å². The van der Waals surface area contributed by atoms with Crippen molar-refractivity contribution in [3.8, 4) is 6.07 Å². The quantitative estimate of drug-likeness (QED) is 0.490. The minimum Gasteiger partial charge on any atom is -0.454 e. The molecule has 0 spiro atoms. The number of nitrogens with zero attached hydrogens (tertiary/aromatic N) is 1. The van der Waals surface area contributed by atoms with Gasteiger partial charge in [-0.3, -0.25) is 9.59 Å². The first kappa shape index (κ1) is 22.3. The molecule has 29 heavy (non-hydrogen) atoms. The summed E-state index contributed by atoms with van der Waals surface area (Å²) < 4.78 is 4.97. The fraction of sp³-hybridized carbons (Fsp3) is 0.200. The lowest BCUT2D eigenvalue weighted by atomic mass is 10.2. The molecule has 0 aromatic heterocycles. The van der Waals surface area contributed by atoms with Gasteiger partial charge in [-0.1, -0.05) is 35.9 Å². The molecular weight excluding hydrogens is 414 g/mol. The van der Waals surface area contributed by atoms with Crippen LogP contribution in [0.1, 0.15) is 17.3 Å². The standard InChI is InChI=1S/C20H18ClN3O4S/c1-13(23-19(26)14-6-2-3-7-15(14)21)20(27)28-12-18(25)24-16-8-4-5-9-17(16)29-11-10-22/h2-9,13H,11-12H2,1H3,(H,23,26)(H,24,25)/t13-/m0/s1. The number of hydrogen-bond acceptors (Lipinski definition) is 6. The molecule has 0 aliphatic carbocycles. The molecule has 0 heterocycles. The molecule has 0 unspecified atom stereocenters. The average molecular weight is 432 g/mol. The predicted molar refractivity (Wildman–Crippen MR) is 111 cm³/mol. The highest BCUT2D eigenvalue weighted by atomic mass is 35.5. The van der Waals surface area contributed by atoms with Gasteiger partial charge in [0, 0.05) is 4.90 Å². The summed E-state index contributed by atoms with van der Waals surface area (Å²) in [5, 5.41) is 14.1. The number of anilines is 1. The molecule has 0 aliphatic heterocycles. The highest BCUT2D eigenvalue weighted by Gasteiger charge is 2.20. The molecule has 150 valence electrons. The zero-order valence-corrected chi connectivity index (χ0v) is 17.0. The Morgan fingerprint density at radius 2 is 1.86 bits per heavy atom. The summed E-state index contributed by atoms with van der Waals surface area (Å²) in [5.41, 5.74) is 0.756. The molecule has 2 amide bonds. The van der Waals surface area contributed by atoms with E-state index >= 15 is 0 Å². The Morgan fingerprint density at radius 3 is 2.59 bits per heavy atom. The smallest absolute Gasteiger partial charge is 0.328 e. The lowest BCUT2D eigenvalue weighted by Crippen LogP contribution is -2.40. The normalized spacial score (nSPS) is 11.1. The van der Waals surface area contributed by atoms with Gasteiger partial charge in [-0.05, 0) is 31.2 Å². The van der Waals surface area contributed by atoms with Crippen molar-refractivity contribution in [2.45, 2.75) is 17.9 Å². The van der Waals surface area contributed by atoms with E-state index in [9.17, 15) is 14.4 Å². The summed E-state index contributed by atoms with van der Waals surface area (Å²) in [5.74, 6) is -1.57. The number of nitrogens with one attached hydrogen (secondary N) is 2. The van der Waals surface area contributed by atoms with Gasteiger partial charge < -0.3 is 15.4 Å². The van der Waals surface area contributed by atoms with Gasteiger partial charge in [0.25, 0.3) is 11.8 Å². The number of esters is 1. The number of nitriles is 1. The van der Waals surface area contributed by atoms with Crippen LogP contribution >= 0.6 is 23.4 Å². The second kappa shape index (κ2) is 11.1. The summed E-state index contributed by atoms with van der Waals surface area (Å²) >= 11 is 7.24. The Bertz CT molecular complexity index is 945. The van der Waals surface area contributed by atoms with E-state index in [-0.39, 0.29) is 16.3 Å². The van der Waals surface area contributed by atoms with Gasteiger partial charge in [-0.25, -0.2) is 4.79 Å². The Hall–Kier alpha value is -3.02. The second-order valence-electron chi connectivity index (χ2n) is 5.77. The van der Waals surface area contributed by atoms with Gasteiger partial charge >= 0.3 is 5.97 Å². The summed E-state index contributed by atoms with van der Waals surface area (Å²) in [4.78, 5) is 37.1. The third-order valence-corrected chi connectivity index (χ3v) is 4.89. The third kappa shape index (κ3) is 6.82. The molecule has 0 bridgehead atoms. The zero-order valence-electron chi connectivity index (χ0n) is 15.5. The minimum atomic E-state index is -0.968. The van der Waals surface area contributed by atoms with Crippen molar-refractivity contribution in [3.63, 3.8) is 0 Å². The van der Waals surface area contributed by atoms with Gasteiger partial charge in [0.05, 0.1) is 28.1 Å². The highest BCUT2D eigenvalue weighted by Crippen LogP contribution is 2.26. The van der Waals surface area contributed by atoms with E-state index in [0.717, 1.165) is 4.90 Å². The van der Waals surface area contributed by atoms with Crippen LogP contribution in [0.2, 0.25) is 5.02 Å². The maximum absolute atomic E-state index is 12.2. The average Bonchev–Trinajstić information content (AvgIpc) is 2.71. The van der Waals surface area contributed by atoms with Crippen LogP contribution < -0.4 is 10.6 Å². The summed E-state index contributed by atoms with van der Waals surface area (Å²) in [6.07, 6.45) is 0. The van der Waals surface area contributed by atoms with Crippen LogP contribution in [0.3, 0.4) is 0 Å². The van der Waals surface area contributed by atoms with Crippen LogP contribution in [0.25, 0.3) is 0 Å². The largest absolute Gasteiger partial charge is 0.454 e. The van der Waals surface area contributed by atoms with Gasteiger partial charge in [0.15, 0.2) is 6.61 Å². The molecule has 0 saturated heterocycles. The summed E-state index contributed by atoms with van der Waals surface area (Å²) in [6.45, 7) is 0.936. The van der Waals surface area contributed by atoms with E-state index in [1.54, 1.807) is 42.5 Å².